The molecule has 0 spiro atoms. The van der Waals surface area contributed by atoms with Gasteiger partial charge in [-0.25, -0.2) is 0 Å². The van der Waals surface area contributed by atoms with Crippen molar-refractivity contribution in [1.82, 2.24) is 10.1 Å². The Morgan fingerprint density at radius 3 is 2.63 bits per heavy atom. The van der Waals surface area contributed by atoms with Crippen molar-refractivity contribution in [3.8, 4) is 17.1 Å². The van der Waals surface area contributed by atoms with Gasteiger partial charge in [-0.2, -0.15) is 4.98 Å². The molecule has 102 valence electrons. The summed E-state index contributed by atoms with van der Waals surface area (Å²) in [4.78, 5) is 4.31. The molecule has 0 amide bonds. The molecule has 19 heavy (non-hydrogen) atoms. The van der Waals surface area contributed by atoms with Crippen molar-refractivity contribution >= 4 is 21.9 Å². The SMILES string of the molecule is COc1ccc(-c2noc(NC(C)(C)C)n2)cc1Br. The smallest absolute Gasteiger partial charge is 0.322 e. The van der Waals surface area contributed by atoms with Crippen LogP contribution in [0.2, 0.25) is 0 Å². The maximum atomic E-state index is 5.18. The Balaban J connectivity index is 2.25. The van der Waals surface area contributed by atoms with Gasteiger partial charge < -0.3 is 14.6 Å². The van der Waals surface area contributed by atoms with Crippen molar-refractivity contribution in [1.29, 1.82) is 0 Å². The molecule has 0 aliphatic carbocycles. The fourth-order valence-corrected chi connectivity index (χ4v) is 2.06. The number of aromatic nitrogens is 2. The largest absolute Gasteiger partial charge is 0.496 e. The van der Waals surface area contributed by atoms with Gasteiger partial charge in [-0.15, -0.1) is 0 Å². The third-order valence-electron chi connectivity index (χ3n) is 2.32. The monoisotopic (exact) mass is 325 g/mol. The second kappa shape index (κ2) is 5.21. The van der Waals surface area contributed by atoms with Gasteiger partial charge in [-0.3, -0.25) is 0 Å². The third-order valence-corrected chi connectivity index (χ3v) is 2.94. The second-order valence-electron chi connectivity index (χ2n) is 5.15. The number of methoxy groups -OCH3 is 1. The Labute approximate surface area is 120 Å². The van der Waals surface area contributed by atoms with Gasteiger partial charge in [-0.05, 0) is 54.9 Å². The summed E-state index contributed by atoms with van der Waals surface area (Å²) in [6, 6.07) is 6.04. The van der Waals surface area contributed by atoms with Gasteiger partial charge in [0.2, 0.25) is 5.82 Å². The van der Waals surface area contributed by atoms with Crippen LogP contribution in [0.5, 0.6) is 5.75 Å². The van der Waals surface area contributed by atoms with Crippen LogP contribution in [0.15, 0.2) is 27.2 Å². The van der Waals surface area contributed by atoms with Crippen LogP contribution >= 0.6 is 15.9 Å². The van der Waals surface area contributed by atoms with Crippen LogP contribution in [0.3, 0.4) is 0 Å². The predicted octanol–water partition coefficient (Wildman–Crippen LogP) is 3.72. The Morgan fingerprint density at radius 2 is 2.05 bits per heavy atom. The molecular formula is C13H16BrN3O2. The van der Waals surface area contributed by atoms with Crippen molar-refractivity contribution in [3.63, 3.8) is 0 Å². The first-order valence-corrected chi connectivity index (χ1v) is 6.64. The summed E-state index contributed by atoms with van der Waals surface area (Å²) in [7, 11) is 1.62. The molecule has 1 aromatic carbocycles. The first-order chi connectivity index (χ1) is 8.89. The average molecular weight is 326 g/mol. The number of nitrogens with zero attached hydrogens (tertiary/aromatic N) is 2. The minimum Gasteiger partial charge on any atom is -0.496 e. The molecule has 2 rings (SSSR count). The van der Waals surface area contributed by atoms with E-state index in [0.29, 0.717) is 11.8 Å². The normalized spacial score (nSPS) is 11.4. The van der Waals surface area contributed by atoms with Gasteiger partial charge in [0.1, 0.15) is 5.75 Å². The van der Waals surface area contributed by atoms with E-state index in [2.05, 4.69) is 31.4 Å². The Kier molecular flexibility index (Phi) is 3.80. The quantitative estimate of drug-likeness (QED) is 0.931. The molecule has 0 aliphatic heterocycles. The van der Waals surface area contributed by atoms with Crippen molar-refractivity contribution in [3.05, 3.63) is 22.7 Å². The topological polar surface area (TPSA) is 60.2 Å². The molecule has 1 heterocycles. The van der Waals surface area contributed by atoms with Crippen LogP contribution in [0, 0.1) is 0 Å². The molecule has 1 aromatic heterocycles. The van der Waals surface area contributed by atoms with Crippen molar-refractivity contribution in [2.75, 3.05) is 12.4 Å². The van der Waals surface area contributed by atoms with E-state index in [0.717, 1.165) is 15.8 Å². The van der Waals surface area contributed by atoms with Crippen LogP contribution < -0.4 is 10.1 Å². The Bertz CT molecular complexity index is 576. The lowest BCUT2D eigenvalue weighted by atomic mass is 10.1. The van der Waals surface area contributed by atoms with Crippen molar-refractivity contribution < 1.29 is 9.26 Å². The molecular weight excluding hydrogens is 310 g/mol. The molecule has 0 bridgehead atoms. The molecule has 0 saturated heterocycles. The van der Waals surface area contributed by atoms with E-state index in [1.807, 2.05) is 39.0 Å². The minimum atomic E-state index is -0.121. The van der Waals surface area contributed by atoms with E-state index in [4.69, 9.17) is 9.26 Å². The molecule has 0 saturated carbocycles. The third kappa shape index (κ3) is 3.47. The van der Waals surface area contributed by atoms with Gasteiger partial charge in [0.05, 0.1) is 11.6 Å². The highest BCUT2D eigenvalue weighted by atomic mass is 79.9. The van der Waals surface area contributed by atoms with Crippen LogP contribution in [-0.2, 0) is 0 Å². The van der Waals surface area contributed by atoms with Gasteiger partial charge in [-0.1, -0.05) is 5.16 Å². The highest BCUT2D eigenvalue weighted by Gasteiger charge is 2.15. The first-order valence-electron chi connectivity index (χ1n) is 5.85. The number of ether oxygens (including phenoxy) is 1. The van der Waals surface area contributed by atoms with E-state index in [9.17, 15) is 0 Å². The lowest BCUT2D eigenvalue weighted by Crippen LogP contribution is -2.26. The number of hydrogen-bond acceptors (Lipinski definition) is 5. The number of halogens is 1. The number of hydrogen-bond donors (Lipinski definition) is 1. The highest BCUT2D eigenvalue weighted by molar-refractivity contribution is 9.10. The number of anilines is 1. The molecule has 0 atom stereocenters. The first kappa shape index (κ1) is 13.9. The molecule has 0 radical (unpaired) electrons. The van der Waals surface area contributed by atoms with E-state index >= 15 is 0 Å². The van der Waals surface area contributed by atoms with Gasteiger partial charge in [0.25, 0.3) is 0 Å². The molecule has 0 fully saturated rings. The molecule has 2 aromatic rings. The standard InChI is InChI=1S/C13H16BrN3O2/c1-13(2,3)16-12-15-11(17-19-12)8-5-6-10(18-4)9(14)7-8/h5-7H,1-4H3,(H,15,16,17). The number of nitrogens with one attached hydrogen (secondary N) is 1. The van der Waals surface area contributed by atoms with E-state index in [1.54, 1.807) is 7.11 Å². The number of rotatable bonds is 3. The molecule has 5 nitrogen and oxygen atoms in total. The minimum absolute atomic E-state index is 0.121. The summed E-state index contributed by atoms with van der Waals surface area (Å²) >= 11 is 3.43. The van der Waals surface area contributed by atoms with Crippen LogP contribution in [-0.4, -0.2) is 22.8 Å². The summed E-state index contributed by atoms with van der Waals surface area (Å²) in [6.07, 6.45) is 0. The number of benzene rings is 1. The maximum Gasteiger partial charge on any atom is 0.322 e. The lowest BCUT2D eigenvalue weighted by molar-refractivity contribution is 0.412. The second-order valence-corrected chi connectivity index (χ2v) is 6.00. The summed E-state index contributed by atoms with van der Waals surface area (Å²) in [5, 5.41) is 7.09. The van der Waals surface area contributed by atoms with Gasteiger partial charge in [0.15, 0.2) is 0 Å². The lowest BCUT2D eigenvalue weighted by Gasteiger charge is -2.17. The zero-order chi connectivity index (χ0) is 14.0. The molecule has 1 N–H and O–H groups in total. The molecule has 0 aliphatic rings. The average Bonchev–Trinajstić information content (AvgIpc) is 2.75. The fourth-order valence-electron chi connectivity index (χ4n) is 1.52. The fraction of sp³-hybridized carbons (Fsp3) is 0.385. The van der Waals surface area contributed by atoms with E-state index < -0.39 is 0 Å². The van der Waals surface area contributed by atoms with Gasteiger partial charge >= 0.3 is 6.01 Å². The summed E-state index contributed by atoms with van der Waals surface area (Å²) < 4.78 is 11.2. The Morgan fingerprint density at radius 1 is 1.32 bits per heavy atom. The van der Waals surface area contributed by atoms with Crippen LogP contribution in [0.4, 0.5) is 6.01 Å². The summed E-state index contributed by atoms with van der Waals surface area (Å²) in [5.74, 6) is 1.30. The zero-order valence-electron chi connectivity index (χ0n) is 11.3. The highest BCUT2D eigenvalue weighted by Crippen LogP contribution is 2.29. The van der Waals surface area contributed by atoms with Crippen LogP contribution in [0.25, 0.3) is 11.4 Å². The van der Waals surface area contributed by atoms with Gasteiger partial charge in [0, 0.05) is 11.1 Å². The van der Waals surface area contributed by atoms with Crippen molar-refractivity contribution in [2.24, 2.45) is 0 Å². The van der Waals surface area contributed by atoms with Crippen LogP contribution in [0.1, 0.15) is 20.8 Å². The maximum absolute atomic E-state index is 5.18. The van der Waals surface area contributed by atoms with E-state index in [1.165, 1.54) is 0 Å². The van der Waals surface area contributed by atoms with Crippen molar-refractivity contribution in [2.45, 2.75) is 26.3 Å². The zero-order valence-corrected chi connectivity index (χ0v) is 12.9. The predicted molar refractivity (Wildman–Crippen MR) is 77.4 cm³/mol. The van der Waals surface area contributed by atoms with E-state index in [-0.39, 0.29) is 5.54 Å². The molecule has 6 heteroatoms. The summed E-state index contributed by atoms with van der Waals surface area (Å²) in [6.45, 7) is 6.09. The molecule has 0 unspecified atom stereocenters. The summed E-state index contributed by atoms with van der Waals surface area (Å²) in [5.41, 5.74) is 0.739. The Hall–Kier alpha value is -1.56.